The summed E-state index contributed by atoms with van der Waals surface area (Å²) in [5.74, 6) is 0.450. The molecule has 0 saturated carbocycles. The molecule has 156 valence electrons. The molecule has 1 atom stereocenters. The van der Waals surface area contributed by atoms with E-state index in [1.54, 1.807) is 55.6 Å². The summed E-state index contributed by atoms with van der Waals surface area (Å²) in [6.45, 7) is 5.10. The highest BCUT2D eigenvalue weighted by Gasteiger charge is 2.08. The molecular formula is C22H29N3O4. The Balaban J connectivity index is 1.78. The molecule has 0 aliphatic carbocycles. The molecule has 2 rings (SSSR count). The van der Waals surface area contributed by atoms with Crippen LogP contribution in [0.25, 0.3) is 0 Å². The Bertz CT molecular complexity index is 776. The average molecular weight is 399 g/mol. The van der Waals surface area contributed by atoms with Gasteiger partial charge in [-0.15, -0.1) is 0 Å². The van der Waals surface area contributed by atoms with Crippen molar-refractivity contribution in [1.82, 2.24) is 5.32 Å². The molecule has 0 radical (unpaired) electrons. The van der Waals surface area contributed by atoms with Gasteiger partial charge in [0.05, 0.1) is 13.2 Å². The molecule has 7 heteroatoms. The first-order valence-corrected chi connectivity index (χ1v) is 9.68. The monoisotopic (exact) mass is 399 g/mol. The summed E-state index contributed by atoms with van der Waals surface area (Å²) in [5.41, 5.74) is 2.04. The maximum Gasteiger partial charge on any atom is 0.251 e. The lowest BCUT2D eigenvalue weighted by Gasteiger charge is -2.12. The van der Waals surface area contributed by atoms with E-state index in [0.29, 0.717) is 24.5 Å². The summed E-state index contributed by atoms with van der Waals surface area (Å²) in [4.78, 5) is 24.2. The zero-order valence-corrected chi connectivity index (χ0v) is 17.2. The van der Waals surface area contributed by atoms with Gasteiger partial charge in [0.2, 0.25) is 5.91 Å². The van der Waals surface area contributed by atoms with Crippen molar-refractivity contribution in [3.63, 3.8) is 0 Å². The molecule has 3 N–H and O–H groups in total. The first-order chi connectivity index (χ1) is 14.0. The number of hydrogen-bond acceptors (Lipinski definition) is 5. The molecule has 2 aromatic carbocycles. The number of methoxy groups -OCH3 is 1. The third-order valence-electron chi connectivity index (χ3n) is 4.28. The number of nitrogens with one attached hydrogen (secondary N) is 3. The van der Waals surface area contributed by atoms with E-state index in [1.165, 1.54) is 0 Å². The van der Waals surface area contributed by atoms with Crippen LogP contribution in [0.1, 0.15) is 30.6 Å². The van der Waals surface area contributed by atoms with Crippen LogP contribution in [-0.2, 0) is 9.53 Å². The van der Waals surface area contributed by atoms with Gasteiger partial charge in [0.15, 0.2) is 0 Å². The average Bonchev–Trinajstić information content (AvgIpc) is 2.74. The van der Waals surface area contributed by atoms with E-state index in [9.17, 15) is 9.59 Å². The van der Waals surface area contributed by atoms with Crippen LogP contribution in [0, 0.1) is 0 Å². The molecule has 0 saturated heterocycles. The smallest absolute Gasteiger partial charge is 0.251 e. The lowest BCUT2D eigenvalue weighted by atomic mass is 10.1. The van der Waals surface area contributed by atoms with Gasteiger partial charge in [-0.1, -0.05) is 6.92 Å². The number of anilines is 2. The summed E-state index contributed by atoms with van der Waals surface area (Å²) in [6.07, 6.45) is 0.879. The van der Waals surface area contributed by atoms with Gasteiger partial charge in [0.25, 0.3) is 5.91 Å². The summed E-state index contributed by atoms with van der Waals surface area (Å²) in [6, 6.07) is 14.3. The minimum Gasteiger partial charge on any atom is -0.491 e. The largest absolute Gasteiger partial charge is 0.491 e. The van der Waals surface area contributed by atoms with Crippen LogP contribution in [-0.4, -0.2) is 44.7 Å². The van der Waals surface area contributed by atoms with Crippen molar-refractivity contribution >= 4 is 23.2 Å². The first kappa shape index (κ1) is 22.2. The zero-order chi connectivity index (χ0) is 21.1. The summed E-state index contributed by atoms with van der Waals surface area (Å²) < 4.78 is 10.4. The van der Waals surface area contributed by atoms with Crippen molar-refractivity contribution in [1.29, 1.82) is 0 Å². The van der Waals surface area contributed by atoms with E-state index in [1.807, 2.05) is 13.8 Å². The molecule has 1 unspecified atom stereocenters. The van der Waals surface area contributed by atoms with E-state index < -0.39 is 0 Å². The lowest BCUT2D eigenvalue weighted by Crippen LogP contribution is -2.31. The van der Waals surface area contributed by atoms with Gasteiger partial charge in [0.1, 0.15) is 12.4 Å². The number of carbonyl (C=O) groups is 2. The van der Waals surface area contributed by atoms with E-state index in [2.05, 4.69) is 16.0 Å². The van der Waals surface area contributed by atoms with Crippen molar-refractivity contribution in [3.05, 3.63) is 54.1 Å². The number of carbonyl (C=O) groups excluding carboxylic acids is 2. The first-order valence-electron chi connectivity index (χ1n) is 9.68. The van der Waals surface area contributed by atoms with Crippen LogP contribution in [0.4, 0.5) is 11.4 Å². The molecule has 0 aliphatic heterocycles. The Morgan fingerprint density at radius 3 is 2.24 bits per heavy atom. The number of ether oxygens (including phenoxy) is 2. The zero-order valence-electron chi connectivity index (χ0n) is 17.2. The molecule has 29 heavy (non-hydrogen) atoms. The number of amides is 2. The van der Waals surface area contributed by atoms with Gasteiger partial charge in [-0.25, -0.2) is 0 Å². The maximum atomic E-state index is 12.1. The highest BCUT2D eigenvalue weighted by atomic mass is 16.5. The molecule has 0 heterocycles. The summed E-state index contributed by atoms with van der Waals surface area (Å²) in [7, 11) is 1.62. The Labute approximate surface area is 171 Å². The number of benzene rings is 2. The van der Waals surface area contributed by atoms with Gasteiger partial charge in [-0.3, -0.25) is 9.59 Å². The van der Waals surface area contributed by atoms with Crippen molar-refractivity contribution in [3.8, 4) is 5.75 Å². The van der Waals surface area contributed by atoms with Gasteiger partial charge >= 0.3 is 0 Å². The molecule has 0 spiro atoms. The van der Waals surface area contributed by atoms with Crippen LogP contribution >= 0.6 is 0 Å². The topological polar surface area (TPSA) is 88.7 Å². The van der Waals surface area contributed by atoms with Gasteiger partial charge in [0, 0.05) is 30.1 Å². The normalized spacial score (nSPS) is 11.4. The van der Waals surface area contributed by atoms with Gasteiger partial charge in [-0.05, 0) is 61.9 Å². The molecule has 2 amide bonds. The van der Waals surface area contributed by atoms with Gasteiger partial charge in [-0.2, -0.15) is 0 Å². The Kier molecular flexibility index (Phi) is 8.98. The highest BCUT2D eigenvalue weighted by molar-refractivity contribution is 5.95. The standard InChI is InChI=1S/C22H29N3O4/c1-4-16(2)24-22(27)17-5-7-18(8-6-17)23-15-21(26)25-19-9-11-20(12-10-19)29-14-13-28-3/h5-12,16,23H,4,13-15H2,1-3H3,(H,24,27)(H,25,26). The SMILES string of the molecule is CCC(C)NC(=O)c1ccc(NCC(=O)Nc2ccc(OCCOC)cc2)cc1. The molecule has 7 nitrogen and oxygen atoms in total. The molecule has 0 aromatic heterocycles. The minimum absolute atomic E-state index is 0.0988. The summed E-state index contributed by atoms with van der Waals surface area (Å²) >= 11 is 0. The lowest BCUT2D eigenvalue weighted by molar-refractivity contribution is -0.114. The fraction of sp³-hybridized carbons (Fsp3) is 0.364. The number of rotatable bonds is 11. The fourth-order valence-corrected chi connectivity index (χ4v) is 2.41. The molecule has 2 aromatic rings. The Morgan fingerprint density at radius 2 is 1.62 bits per heavy atom. The van der Waals surface area contributed by atoms with E-state index >= 15 is 0 Å². The maximum absolute atomic E-state index is 12.1. The van der Waals surface area contributed by atoms with Crippen molar-refractivity contribution in [2.75, 3.05) is 37.5 Å². The molecule has 0 aliphatic rings. The molecular weight excluding hydrogens is 370 g/mol. The van der Waals surface area contributed by atoms with Crippen LogP contribution in [0.15, 0.2) is 48.5 Å². The Morgan fingerprint density at radius 1 is 0.966 bits per heavy atom. The third kappa shape index (κ3) is 7.83. The third-order valence-corrected chi connectivity index (χ3v) is 4.28. The predicted octanol–water partition coefficient (Wildman–Crippen LogP) is 3.29. The quantitative estimate of drug-likeness (QED) is 0.505. The summed E-state index contributed by atoms with van der Waals surface area (Å²) in [5, 5.41) is 8.79. The molecule has 0 fully saturated rings. The van der Waals surface area contributed by atoms with Crippen LogP contribution in [0.5, 0.6) is 5.75 Å². The van der Waals surface area contributed by atoms with Gasteiger partial charge < -0.3 is 25.4 Å². The van der Waals surface area contributed by atoms with E-state index in [0.717, 1.165) is 17.9 Å². The minimum atomic E-state index is -0.170. The second-order valence-electron chi connectivity index (χ2n) is 6.63. The fourth-order valence-electron chi connectivity index (χ4n) is 2.41. The van der Waals surface area contributed by atoms with E-state index in [4.69, 9.17) is 9.47 Å². The second-order valence-corrected chi connectivity index (χ2v) is 6.63. The van der Waals surface area contributed by atoms with Crippen LogP contribution in [0.2, 0.25) is 0 Å². The van der Waals surface area contributed by atoms with Crippen molar-refractivity contribution in [2.24, 2.45) is 0 Å². The van der Waals surface area contributed by atoms with Crippen molar-refractivity contribution in [2.45, 2.75) is 26.3 Å². The second kappa shape index (κ2) is 11.7. The van der Waals surface area contributed by atoms with Crippen LogP contribution < -0.4 is 20.7 Å². The molecule has 0 bridgehead atoms. The van der Waals surface area contributed by atoms with Crippen molar-refractivity contribution < 1.29 is 19.1 Å². The Hall–Kier alpha value is -3.06. The van der Waals surface area contributed by atoms with E-state index in [-0.39, 0.29) is 24.4 Å². The van der Waals surface area contributed by atoms with Crippen LogP contribution in [0.3, 0.4) is 0 Å². The predicted molar refractivity (Wildman–Crippen MR) is 115 cm³/mol. The highest BCUT2D eigenvalue weighted by Crippen LogP contribution is 2.16. The number of hydrogen-bond donors (Lipinski definition) is 3.